The molecule has 3 heteroatoms. The molecule has 1 aromatic heterocycles. The van der Waals surface area contributed by atoms with Gasteiger partial charge in [-0.25, -0.2) is 9.97 Å². The summed E-state index contributed by atoms with van der Waals surface area (Å²) in [5, 5.41) is 0. The van der Waals surface area contributed by atoms with Crippen molar-refractivity contribution in [1.29, 1.82) is 0 Å². The molecule has 58 valence electrons. The van der Waals surface area contributed by atoms with E-state index in [1.165, 1.54) is 6.33 Å². The number of nitrogens with zero attached hydrogens (tertiary/aromatic N) is 2. The minimum Gasteiger partial charge on any atom is -0.471 e. The number of aromatic nitrogens is 2. The molecule has 1 heterocycles. The summed E-state index contributed by atoms with van der Waals surface area (Å²) >= 11 is 0. The molecule has 0 atom stereocenters. The Morgan fingerprint density at radius 2 is 2.36 bits per heavy atom. The predicted octanol–water partition coefficient (Wildman–Crippen LogP) is 1.41. The fourth-order valence-electron chi connectivity index (χ4n) is 0.869. The lowest BCUT2D eigenvalue weighted by molar-refractivity contribution is 0.191. The molecule has 0 spiro atoms. The van der Waals surface area contributed by atoms with Crippen LogP contribution < -0.4 is 4.74 Å². The standard InChI is InChI=1S/C8H10N2O/c1-8(3-4-8)11-7-2-5-9-6-10-7/h2,5-6H,3-4H2,1H3. The van der Waals surface area contributed by atoms with Crippen LogP contribution in [0.2, 0.25) is 0 Å². The van der Waals surface area contributed by atoms with E-state index in [2.05, 4.69) is 16.9 Å². The summed E-state index contributed by atoms with van der Waals surface area (Å²) in [4.78, 5) is 7.78. The third-order valence-corrected chi connectivity index (χ3v) is 1.86. The fraction of sp³-hybridized carbons (Fsp3) is 0.500. The van der Waals surface area contributed by atoms with Crippen molar-refractivity contribution in [3.63, 3.8) is 0 Å². The average molecular weight is 150 g/mol. The summed E-state index contributed by atoms with van der Waals surface area (Å²) in [7, 11) is 0. The van der Waals surface area contributed by atoms with Gasteiger partial charge in [-0.05, 0) is 19.8 Å². The predicted molar refractivity (Wildman–Crippen MR) is 40.3 cm³/mol. The van der Waals surface area contributed by atoms with Crippen molar-refractivity contribution in [3.05, 3.63) is 18.6 Å². The van der Waals surface area contributed by atoms with Gasteiger partial charge in [0.1, 0.15) is 11.9 Å². The first-order valence-electron chi connectivity index (χ1n) is 3.74. The van der Waals surface area contributed by atoms with Gasteiger partial charge < -0.3 is 4.74 Å². The van der Waals surface area contributed by atoms with Crippen molar-refractivity contribution in [2.75, 3.05) is 0 Å². The summed E-state index contributed by atoms with van der Waals surface area (Å²) in [5.74, 6) is 0.681. The number of ether oxygens (including phenoxy) is 1. The zero-order valence-electron chi connectivity index (χ0n) is 6.45. The molecule has 0 unspecified atom stereocenters. The molecule has 1 aliphatic carbocycles. The summed E-state index contributed by atoms with van der Waals surface area (Å²) < 4.78 is 5.56. The molecule has 0 aromatic carbocycles. The summed E-state index contributed by atoms with van der Waals surface area (Å²) in [6.45, 7) is 2.09. The first-order valence-corrected chi connectivity index (χ1v) is 3.74. The van der Waals surface area contributed by atoms with Crippen LogP contribution in [0.1, 0.15) is 19.8 Å². The number of hydrogen-bond donors (Lipinski definition) is 0. The Morgan fingerprint density at radius 1 is 1.55 bits per heavy atom. The van der Waals surface area contributed by atoms with Gasteiger partial charge in [0.2, 0.25) is 5.88 Å². The molecule has 1 aliphatic rings. The smallest absolute Gasteiger partial charge is 0.216 e. The van der Waals surface area contributed by atoms with E-state index in [0.29, 0.717) is 5.88 Å². The van der Waals surface area contributed by atoms with Crippen LogP contribution in [0.3, 0.4) is 0 Å². The maximum Gasteiger partial charge on any atom is 0.216 e. The van der Waals surface area contributed by atoms with Gasteiger partial charge in [-0.2, -0.15) is 0 Å². The Bertz CT molecular complexity index is 244. The maximum atomic E-state index is 5.56. The van der Waals surface area contributed by atoms with Gasteiger partial charge in [0.15, 0.2) is 0 Å². The van der Waals surface area contributed by atoms with Crippen LogP contribution in [-0.4, -0.2) is 15.6 Å². The zero-order chi connectivity index (χ0) is 7.73. The van der Waals surface area contributed by atoms with Crippen molar-refractivity contribution >= 4 is 0 Å². The van der Waals surface area contributed by atoms with Gasteiger partial charge in [0.25, 0.3) is 0 Å². The Labute approximate surface area is 65.4 Å². The van der Waals surface area contributed by atoms with Crippen molar-refractivity contribution < 1.29 is 4.74 Å². The van der Waals surface area contributed by atoms with E-state index in [1.807, 2.05) is 0 Å². The molecule has 1 aromatic rings. The van der Waals surface area contributed by atoms with Crippen molar-refractivity contribution in [2.24, 2.45) is 0 Å². The van der Waals surface area contributed by atoms with Gasteiger partial charge in [-0.3, -0.25) is 0 Å². The lowest BCUT2D eigenvalue weighted by Gasteiger charge is -2.09. The van der Waals surface area contributed by atoms with E-state index in [-0.39, 0.29) is 5.60 Å². The Morgan fingerprint density at radius 3 is 2.91 bits per heavy atom. The molecular formula is C8H10N2O. The highest BCUT2D eigenvalue weighted by Crippen LogP contribution is 2.38. The van der Waals surface area contributed by atoms with Gasteiger partial charge in [-0.15, -0.1) is 0 Å². The Kier molecular flexibility index (Phi) is 1.31. The van der Waals surface area contributed by atoms with Crippen LogP contribution in [0.25, 0.3) is 0 Å². The van der Waals surface area contributed by atoms with Crippen LogP contribution in [-0.2, 0) is 0 Å². The third-order valence-electron chi connectivity index (χ3n) is 1.86. The average Bonchev–Trinajstić information content (AvgIpc) is 2.70. The molecule has 0 bridgehead atoms. The van der Waals surface area contributed by atoms with E-state index in [4.69, 9.17) is 4.74 Å². The molecule has 0 saturated heterocycles. The van der Waals surface area contributed by atoms with Gasteiger partial charge in [0, 0.05) is 12.3 Å². The summed E-state index contributed by atoms with van der Waals surface area (Å²) in [5.41, 5.74) is 0.0638. The molecule has 0 radical (unpaired) electrons. The second-order valence-electron chi connectivity index (χ2n) is 3.10. The highest BCUT2D eigenvalue weighted by atomic mass is 16.5. The van der Waals surface area contributed by atoms with Crippen LogP contribution in [0.4, 0.5) is 0 Å². The normalized spacial score (nSPS) is 19.4. The highest BCUT2D eigenvalue weighted by Gasteiger charge is 2.40. The molecular weight excluding hydrogens is 140 g/mol. The van der Waals surface area contributed by atoms with E-state index >= 15 is 0 Å². The number of hydrogen-bond acceptors (Lipinski definition) is 3. The second-order valence-corrected chi connectivity index (χ2v) is 3.10. The SMILES string of the molecule is CC1(Oc2ccncn2)CC1. The van der Waals surface area contributed by atoms with Crippen LogP contribution >= 0.6 is 0 Å². The Hall–Kier alpha value is -1.12. The molecule has 0 amide bonds. The fourth-order valence-corrected chi connectivity index (χ4v) is 0.869. The minimum absolute atomic E-state index is 0.0638. The monoisotopic (exact) mass is 150 g/mol. The molecule has 1 fully saturated rings. The van der Waals surface area contributed by atoms with Gasteiger partial charge in [-0.1, -0.05) is 0 Å². The first kappa shape index (κ1) is 6.58. The largest absolute Gasteiger partial charge is 0.471 e. The zero-order valence-corrected chi connectivity index (χ0v) is 6.45. The van der Waals surface area contributed by atoms with Crippen LogP contribution in [0, 0.1) is 0 Å². The molecule has 0 aliphatic heterocycles. The molecule has 3 nitrogen and oxygen atoms in total. The van der Waals surface area contributed by atoms with E-state index in [1.54, 1.807) is 12.3 Å². The molecule has 11 heavy (non-hydrogen) atoms. The van der Waals surface area contributed by atoms with Crippen molar-refractivity contribution in [3.8, 4) is 5.88 Å². The highest BCUT2D eigenvalue weighted by molar-refractivity contribution is 5.09. The second kappa shape index (κ2) is 2.19. The topological polar surface area (TPSA) is 35.0 Å². The van der Waals surface area contributed by atoms with Crippen LogP contribution in [0.15, 0.2) is 18.6 Å². The summed E-state index contributed by atoms with van der Waals surface area (Å²) in [6.07, 6.45) is 5.46. The third kappa shape index (κ3) is 1.48. The summed E-state index contributed by atoms with van der Waals surface area (Å²) in [6, 6.07) is 1.78. The van der Waals surface area contributed by atoms with Crippen molar-refractivity contribution in [1.82, 2.24) is 9.97 Å². The lowest BCUT2D eigenvalue weighted by atomic mass is 10.4. The molecule has 1 saturated carbocycles. The quantitative estimate of drug-likeness (QED) is 0.639. The number of rotatable bonds is 2. The van der Waals surface area contributed by atoms with E-state index in [9.17, 15) is 0 Å². The molecule has 2 rings (SSSR count). The molecule has 0 N–H and O–H groups in total. The first-order chi connectivity index (χ1) is 5.29. The Balaban J connectivity index is 2.07. The van der Waals surface area contributed by atoms with E-state index in [0.717, 1.165) is 12.8 Å². The minimum atomic E-state index is 0.0638. The van der Waals surface area contributed by atoms with Crippen LogP contribution in [0.5, 0.6) is 5.88 Å². The van der Waals surface area contributed by atoms with Gasteiger partial charge >= 0.3 is 0 Å². The lowest BCUT2D eigenvalue weighted by Crippen LogP contribution is -2.12. The van der Waals surface area contributed by atoms with E-state index < -0.39 is 0 Å². The van der Waals surface area contributed by atoms with Gasteiger partial charge in [0.05, 0.1) is 0 Å². The van der Waals surface area contributed by atoms with Crippen molar-refractivity contribution in [2.45, 2.75) is 25.4 Å². The maximum absolute atomic E-state index is 5.56.